The van der Waals surface area contributed by atoms with Gasteiger partial charge in [0.2, 0.25) is 6.41 Å². The Balaban J connectivity index is 1.77. The zero-order valence-corrected chi connectivity index (χ0v) is 19.6. The highest BCUT2D eigenvalue weighted by Gasteiger charge is 2.44. The number of pyridine rings is 1. The minimum absolute atomic E-state index is 0.00108. The van der Waals surface area contributed by atoms with Crippen LogP contribution in [0, 0.1) is 0 Å². The monoisotopic (exact) mass is 466 g/mol. The molecule has 6 heteroatoms. The van der Waals surface area contributed by atoms with Gasteiger partial charge < -0.3 is 15.5 Å². The van der Waals surface area contributed by atoms with Gasteiger partial charge in [0.1, 0.15) is 5.60 Å². The molecule has 1 amide bonds. The van der Waals surface area contributed by atoms with E-state index in [1.807, 2.05) is 42.5 Å². The predicted molar refractivity (Wildman–Crippen MR) is 136 cm³/mol. The van der Waals surface area contributed by atoms with E-state index in [4.69, 9.17) is 0 Å². The topological polar surface area (TPSA) is 99.5 Å². The second kappa shape index (κ2) is 8.32. The van der Waals surface area contributed by atoms with E-state index in [-0.39, 0.29) is 16.7 Å². The Morgan fingerprint density at radius 1 is 0.971 bits per heavy atom. The van der Waals surface area contributed by atoms with Gasteiger partial charge in [-0.1, -0.05) is 62.4 Å². The maximum atomic E-state index is 12.3. The lowest BCUT2D eigenvalue weighted by atomic mass is 9.64. The number of amides is 1. The van der Waals surface area contributed by atoms with Gasteiger partial charge in [-0.15, -0.1) is 0 Å². The summed E-state index contributed by atoms with van der Waals surface area (Å²) in [5, 5.41) is 26.4. The van der Waals surface area contributed by atoms with Crippen LogP contribution in [0.4, 0.5) is 5.69 Å². The van der Waals surface area contributed by atoms with Gasteiger partial charge in [-0.25, -0.2) is 4.79 Å². The van der Waals surface area contributed by atoms with Crippen LogP contribution in [0.2, 0.25) is 0 Å². The fourth-order valence-electron chi connectivity index (χ4n) is 5.32. The first-order valence-electron chi connectivity index (χ1n) is 11.5. The molecule has 0 radical (unpaired) electrons. The number of nitrogens with zero attached hydrogens (tertiary/aromatic N) is 1. The Kier molecular flexibility index (Phi) is 5.41. The molecule has 4 aromatic rings. The van der Waals surface area contributed by atoms with E-state index >= 15 is 0 Å². The maximum Gasteiger partial charge on any atom is 0.337 e. The molecule has 0 saturated carbocycles. The van der Waals surface area contributed by atoms with Crippen molar-refractivity contribution in [1.29, 1.82) is 0 Å². The van der Waals surface area contributed by atoms with Crippen molar-refractivity contribution in [3.05, 3.63) is 95.3 Å². The molecule has 0 saturated heterocycles. The molecule has 3 N–H and O–H groups in total. The van der Waals surface area contributed by atoms with Gasteiger partial charge in [-0.2, -0.15) is 0 Å². The number of carboxylic acids is 1. The molecule has 35 heavy (non-hydrogen) atoms. The number of carbonyl (C=O) groups excluding carboxylic acids is 1. The van der Waals surface area contributed by atoms with E-state index < -0.39 is 11.6 Å². The Labute approximate surface area is 203 Å². The van der Waals surface area contributed by atoms with E-state index in [2.05, 4.69) is 24.1 Å². The first kappa shape index (κ1) is 22.7. The lowest BCUT2D eigenvalue weighted by molar-refractivity contribution is -0.105. The van der Waals surface area contributed by atoms with Crippen LogP contribution in [0.15, 0.2) is 73.1 Å². The second-order valence-corrected chi connectivity index (χ2v) is 9.71. The van der Waals surface area contributed by atoms with Crippen molar-refractivity contribution in [2.75, 3.05) is 5.32 Å². The summed E-state index contributed by atoms with van der Waals surface area (Å²) in [6.45, 7) is 4.33. The third kappa shape index (κ3) is 3.67. The highest BCUT2D eigenvalue weighted by Crippen LogP contribution is 2.50. The smallest absolute Gasteiger partial charge is 0.337 e. The van der Waals surface area contributed by atoms with Gasteiger partial charge in [0, 0.05) is 28.9 Å². The van der Waals surface area contributed by atoms with Crippen LogP contribution in [0.3, 0.4) is 0 Å². The van der Waals surface area contributed by atoms with Crippen molar-refractivity contribution in [2.45, 2.75) is 37.7 Å². The number of aromatic carboxylic acids is 1. The molecule has 1 heterocycles. The van der Waals surface area contributed by atoms with Crippen molar-refractivity contribution in [3.63, 3.8) is 0 Å². The molecule has 1 atom stereocenters. The lowest BCUT2D eigenvalue weighted by Gasteiger charge is -2.43. The fraction of sp³-hybridized carbons (Fsp3) is 0.207. The van der Waals surface area contributed by atoms with Crippen molar-refractivity contribution < 1.29 is 19.8 Å². The molecule has 1 aliphatic rings. The van der Waals surface area contributed by atoms with Crippen LogP contribution in [0.25, 0.3) is 21.9 Å². The standard InChI is InChI=1S/C29H26N2O4/c1-28(2)12-13-29(35,25-16-30-15-19-6-3-4-7-20(19)25)24-14-18(10-11-23(24)28)21-8-5-9-22(27(33)34)26(21)31-17-32/h3-11,14-17,35H,12-13H2,1-2H3,(H,31,32)(H,33,34). The number of rotatable bonds is 5. The molecule has 1 aromatic heterocycles. The number of carboxylic acid groups (broad SMARTS) is 1. The molecular weight excluding hydrogens is 440 g/mol. The summed E-state index contributed by atoms with van der Waals surface area (Å²) in [5.41, 5.74) is 2.60. The highest BCUT2D eigenvalue weighted by molar-refractivity contribution is 6.02. The van der Waals surface area contributed by atoms with E-state index in [0.29, 0.717) is 24.0 Å². The summed E-state index contributed by atoms with van der Waals surface area (Å²) < 4.78 is 0. The Bertz CT molecular complexity index is 1470. The van der Waals surface area contributed by atoms with Gasteiger partial charge in [0.15, 0.2) is 0 Å². The number of aliphatic hydroxyl groups is 1. The quantitative estimate of drug-likeness (QED) is 0.339. The predicted octanol–water partition coefficient (Wildman–Crippen LogP) is 5.48. The zero-order chi connectivity index (χ0) is 24.8. The fourth-order valence-corrected chi connectivity index (χ4v) is 5.32. The maximum absolute atomic E-state index is 12.3. The summed E-state index contributed by atoms with van der Waals surface area (Å²) in [5.74, 6) is -1.13. The highest BCUT2D eigenvalue weighted by atomic mass is 16.4. The van der Waals surface area contributed by atoms with E-state index in [1.54, 1.807) is 24.5 Å². The van der Waals surface area contributed by atoms with Crippen molar-refractivity contribution in [2.24, 2.45) is 0 Å². The number of fused-ring (bicyclic) bond motifs is 2. The molecule has 0 fully saturated rings. The van der Waals surface area contributed by atoms with E-state index in [0.717, 1.165) is 33.9 Å². The molecule has 0 aliphatic heterocycles. The summed E-state index contributed by atoms with van der Waals surface area (Å²) >= 11 is 0. The average Bonchev–Trinajstić information content (AvgIpc) is 2.86. The van der Waals surface area contributed by atoms with Crippen LogP contribution in [-0.4, -0.2) is 27.6 Å². The van der Waals surface area contributed by atoms with Crippen molar-refractivity contribution in [3.8, 4) is 11.1 Å². The van der Waals surface area contributed by atoms with Crippen LogP contribution >= 0.6 is 0 Å². The molecule has 3 aromatic carbocycles. The van der Waals surface area contributed by atoms with E-state index in [1.165, 1.54) is 6.07 Å². The third-order valence-corrected chi connectivity index (χ3v) is 7.23. The minimum atomic E-state index is -1.28. The first-order chi connectivity index (χ1) is 16.8. The summed E-state index contributed by atoms with van der Waals surface area (Å²) in [6.07, 6.45) is 5.31. The summed E-state index contributed by atoms with van der Waals surface area (Å²) in [4.78, 5) is 27.5. The lowest BCUT2D eigenvalue weighted by Crippen LogP contribution is -2.38. The molecule has 0 spiro atoms. The van der Waals surface area contributed by atoms with E-state index in [9.17, 15) is 19.8 Å². The van der Waals surface area contributed by atoms with Gasteiger partial charge in [-0.05, 0) is 52.5 Å². The first-order valence-corrected chi connectivity index (χ1v) is 11.5. The third-order valence-electron chi connectivity index (χ3n) is 7.23. The minimum Gasteiger partial charge on any atom is -0.478 e. The number of hydrogen-bond donors (Lipinski definition) is 3. The largest absolute Gasteiger partial charge is 0.478 e. The second-order valence-electron chi connectivity index (χ2n) is 9.71. The molecule has 1 aliphatic carbocycles. The number of nitrogens with one attached hydrogen (secondary N) is 1. The molecule has 0 bridgehead atoms. The van der Waals surface area contributed by atoms with Gasteiger partial charge in [-0.3, -0.25) is 9.78 Å². The molecule has 6 nitrogen and oxygen atoms in total. The van der Waals surface area contributed by atoms with Crippen LogP contribution in [0.1, 0.15) is 53.7 Å². The molecule has 5 rings (SSSR count). The number of benzene rings is 3. The van der Waals surface area contributed by atoms with Gasteiger partial charge in [0.05, 0.1) is 11.3 Å². The summed E-state index contributed by atoms with van der Waals surface area (Å²) in [7, 11) is 0. The molecular formula is C29H26N2O4. The van der Waals surface area contributed by atoms with Crippen LogP contribution < -0.4 is 5.32 Å². The molecule has 176 valence electrons. The van der Waals surface area contributed by atoms with Crippen molar-refractivity contribution in [1.82, 2.24) is 4.98 Å². The number of carbonyl (C=O) groups is 2. The Hall–Kier alpha value is -4.03. The number of hydrogen-bond acceptors (Lipinski definition) is 4. The van der Waals surface area contributed by atoms with Crippen LogP contribution in [-0.2, 0) is 15.8 Å². The van der Waals surface area contributed by atoms with Gasteiger partial charge >= 0.3 is 5.97 Å². The van der Waals surface area contributed by atoms with Crippen LogP contribution in [0.5, 0.6) is 0 Å². The van der Waals surface area contributed by atoms with Crippen molar-refractivity contribution >= 4 is 28.8 Å². The molecule has 1 unspecified atom stereocenters. The SMILES string of the molecule is CC1(C)CCC(O)(c2cncc3ccccc23)c2cc(-c3cccc(C(=O)O)c3NC=O)ccc21. The zero-order valence-electron chi connectivity index (χ0n) is 19.6. The number of anilines is 1. The number of aromatic nitrogens is 1. The Morgan fingerprint density at radius 3 is 2.54 bits per heavy atom. The number of para-hydroxylation sites is 1. The average molecular weight is 467 g/mol. The van der Waals surface area contributed by atoms with Gasteiger partial charge in [0.25, 0.3) is 0 Å². The Morgan fingerprint density at radius 2 is 1.77 bits per heavy atom. The summed E-state index contributed by atoms with van der Waals surface area (Å²) in [6, 6.07) is 18.6. The normalized spacial score (nSPS) is 18.6.